The van der Waals surface area contributed by atoms with Gasteiger partial charge in [0.1, 0.15) is 0 Å². The molecule has 2 heterocycles. The van der Waals surface area contributed by atoms with E-state index in [1.54, 1.807) is 0 Å². The summed E-state index contributed by atoms with van der Waals surface area (Å²) in [6, 6.07) is 35.1. The van der Waals surface area contributed by atoms with Gasteiger partial charge in [0.2, 0.25) is 0 Å². The maximum absolute atomic E-state index is 5.08. The lowest BCUT2D eigenvalue weighted by Crippen LogP contribution is -2.23. The summed E-state index contributed by atoms with van der Waals surface area (Å²) in [6.07, 6.45) is 10.8. The third-order valence-corrected chi connectivity index (χ3v) is 8.52. The van der Waals surface area contributed by atoms with E-state index < -0.39 is 0 Å². The molecule has 2 aliphatic carbocycles. The lowest BCUT2D eigenvalue weighted by atomic mass is 9.71. The van der Waals surface area contributed by atoms with Gasteiger partial charge in [-0.2, -0.15) is 0 Å². The molecule has 0 N–H and O–H groups in total. The van der Waals surface area contributed by atoms with Crippen LogP contribution in [-0.2, 0) is 0 Å². The highest BCUT2D eigenvalue weighted by atomic mass is 14.8. The van der Waals surface area contributed by atoms with E-state index in [0.717, 1.165) is 22.5 Å². The van der Waals surface area contributed by atoms with Crippen LogP contribution in [0.25, 0.3) is 55.1 Å². The predicted molar refractivity (Wildman–Crippen MR) is 164 cm³/mol. The summed E-state index contributed by atoms with van der Waals surface area (Å²) in [6.45, 7) is 0. The van der Waals surface area contributed by atoms with Crippen LogP contribution in [0.5, 0.6) is 0 Å². The zero-order chi connectivity index (χ0) is 25.5. The molecule has 0 amide bonds. The third kappa shape index (κ3) is 2.91. The van der Waals surface area contributed by atoms with Gasteiger partial charge in [-0.05, 0) is 73.7 Å². The standard InChI is InChI=1S/C37H22N2/c1-2-9-26-24(7-1)19-30(28-11-4-3-10-27(26)28)22-15-17-23(18-16-22)31-20-34-37-35-25(21-38-34)8-5-13-32(35)39-33-14-6-12-29(31)36(33)37/h1-21,36H. The second-order valence-electron chi connectivity index (χ2n) is 10.6. The Bertz CT molecular complexity index is 2160. The molecule has 2 nitrogen and oxygen atoms in total. The van der Waals surface area contributed by atoms with Gasteiger partial charge in [0, 0.05) is 22.5 Å². The maximum atomic E-state index is 5.08. The van der Waals surface area contributed by atoms with Gasteiger partial charge in [-0.1, -0.05) is 97.1 Å². The average Bonchev–Trinajstić information content (AvgIpc) is 3.00. The number of hydrogen-bond donors (Lipinski definition) is 0. The molecule has 0 radical (unpaired) electrons. The van der Waals surface area contributed by atoms with Crippen molar-refractivity contribution in [3.63, 3.8) is 0 Å². The minimum absolute atomic E-state index is 0.125. The molecule has 1 aliphatic heterocycles. The van der Waals surface area contributed by atoms with Gasteiger partial charge in [0.25, 0.3) is 0 Å². The molecule has 1 atom stereocenters. The second-order valence-corrected chi connectivity index (χ2v) is 10.6. The number of pyridine rings is 1. The van der Waals surface area contributed by atoms with E-state index in [1.807, 2.05) is 6.20 Å². The van der Waals surface area contributed by atoms with E-state index in [2.05, 4.69) is 121 Å². The highest BCUT2D eigenvalue weighted by molar-refractivity contribution is 6.19. The number of nitrogens with zero attached hydrogens (tertiary/aromatic N) is 2. The first-order valence-electron chi connectivity index (χ1n) is 13.5. The van der Waals surface area contributed by atoms with Crippen molar-refractivity contribution >= 4 is 55.4 Å². The molecule has 0 bridgehead atoms. The van der Waals surface area contributed by atoms with Gasteiger partial charge < -0.3 is 0 Å². The van der Waals surface area contributed by atoms with Crippen molar-refractivity contribution in [1.82, 2.24) is 4.98 Å². The van der Waals surface area contributed by atoms with Crippen LogP contribution in [0.4, 0.5) is 5.69 Å². The first-order chi connectivity index (χ1) is 19.3. The number of aliphatic imine (C=N–C) groups is 1. The Morgan fingerprint density at radius 1 is 0.667 bits per heavy atom. The van der Waals surface area contributed by atoms with E-state index in [4.69, 9.17) is 9.98 Å². The van der Waals surface area contributed by atoms with Crippen LogP contribution in [0.3, 0.4) is 0 Å². The molecule has 0 fully saturated rings. The number of rotatable bonds is 2. The summed E-state index contributed by atoms with van der Waals surface area (Å²) in [5.74, 6) is 0.125. The Morgan fingerprint density at radius 2 is 1.44 bits per heavy atom. The Balaban J connectivity index is 1.22. The first kappa shape index (κ1) is 20.9. The summed E-state index contributed by atoms with van der Waals surface area (Å²) < 4.78 is 0. The Labute approximate surface area is 226 Å². The van der Waals surface area contributed by atoms with E-state index in [-0.39, 0.29) is 5.92 Å². The van der Waals surface area contributed by atoms with Gasteiger partial charge in [0.15, 0.2) is 0 Å². The number of benzene rings is 5. The van der Waals surface area contributed by atoms with Crippen molar-refractivity contribution in [2.45, 2.75) is 5.92 Å². The second kappa shape index (κ2) is 7.72. The topological polar surface area (TPSA) is 25.2 Å². The molecule has 1 aromatic heterocycles. The average molecular weight is 495 g/mol. The van der Waals surface area contributed by atoms with Gasteiger partial charge in [0.05, 0.1) is 23.0 Å². The molecule has 39 heavy (non-hydrogen) atoms. The molecule has 9 rings (SSSR count). The fourth-order valence-electron chi connectivity index (χ4n) is 6.78. The fourth-order valence-corrected chi connectivity index (χ4v) is 6.78. The smallest absolute Gasteiger partial charge is 0.0716 e. The minimum atomic E-state index is 0.125. The quantitative estimate of drug-likeness (QED) is 0.220. The molecule has 0 spiro atoms. The normalized spacial score (nSPS) is 16.8. The largest absolute Gasteiger partial charge is 0.256 e. The molecule has 2 heteroatoms. The number of aromatic nitrogens is 1. The molecule has 3 aliphatic rings. The fraction of sp³-hybridized carbons (Fsp3) is 0.0270. The third-order valence-electron chi connectivity index (χ3n) is 8.52. The van der Waals surface area contributed by atoms with Crippen molar-refractivity contribution in [2.24, 2.45) is 4.99 Å². The molecule has 180 valence electrons. The number of allylic oxidation sites excluding steroid dienone is 5. The van der Waals surface area contributed by atoms with Crippen molar-refractivity contribution in [3.8, 4) is 11.1 Å². The monoisotopic (exact) mass is 494 g/mol. The summed E-state index contributed by atoms with van der Waals surface area (Å²) in [5.41, 5.74) is 10.7. The molecule has 5 aromatic carbocycles. The van der Waals surface area contributed by atoms with E-state index in [0.29, 0.717) is 0 Å². The van der Waals surface area contributed by atoms with Crippen LogP contribution >= 0.6 is 0 Å². The van der Waals surface area contributed by atoms with Crippen molar-refractivity contribution in [1.29, 1.82) is 0 Å². The van der Waals surface area contributed by atoms with Gasteiger partial charge in [-0.25, -0.2) is 0 Å². The zero-order valence-corrected chi connectivity index (χ0v) is 21.1. The molecule has 0 saturated carbocycles. The van der Waals surface area contributed by atoms with Gasteiger partial charge in [-0.15, -0.1) is 0 Å². The summed E-state index contributed by atoms with van der Waals surface area (Å²) in [5, 5.41) is 7.54. The van der Waals surface area contributed by atoms with Gasteiger partial charge in [-0.3, -0.25) is 9.98 Å². The highest BCUT2D eigenvalue weighted by Crippen LogP contribution is 2.51. The van der Waals surface area contributed by atoms with Crippen molar-refractivity contribution in [2.75, 3.05) is 0 Å². The van der Waals surface area contributed by atoms with Crippen LogP contribution in [0.2, 0.25) is 0 Å². The number of hydrogen-bond acceptors (Lipinski definition) is 2. The Morgan fingerprint density at radius 3 is 2.33 bits per heavy atom. The van der Waals surface area contributed by atoms with E-state index in [9.17, 15) is 0 Å². The predicted octanol–water partition coefficient (Wildman–Crippen LogP) is 9.43. The minimum Gasteiger partial charge on any atom is -0.256 e. The van der Waals surface area contributed by atoms with E-state index >= 15 is 0 Å². The van der Waals surface area contributed by atoms with Crippen molar-refractivity contribution in [3.05, 3.63) is 144 Å². The van der Waals surface area contributed by atoms with Crippen LogP contribution in [0, 0.1) is 0 Å². The van der Waals surface area contributed by atoms with Crippen molar-refractivity contribution < 1.29 is 0 Å². The first-order valence-corrected chi connectivity index (χ1v) is 13.5. The summed E-state index contributed by atoms with van der Waals surface area (Å²) in [4.78, 5) is 10.0. The molecular weight excluding hydrogens is 472 g/mol. The zero-order valence-electron chi connectivity index (χ0n) is 21.1. The summed E-state index contributed by atoms with van der Waals surface area (Å²) in [7, 11) is 0. The Kier molecular flexibility index (Phi) is 4.14. The van der Waals surface area contributed by atoms with Crippen LogP contribution in [-0.4, -0.2) is 10.7 Å². The van der Waals surface area contributed by atoms with Crippen LogP contribution in [0.15, 0.2) is 132 Å². The molecule has 1 unspecified atom stereocenters. The molecular formula is C37H22N2. The maximum Gasteiger partial charge on any atom is 0.0716 e. The molecule has 0 saturated heterocycles. The van der Waals surface area contributed by atoms with Gasteiger partial charge >= 0.3 is 0 Å². The lowest BCUT2D eigenvalue weighted by Gasteiger charge is -2.34. The molecule has 6 aromatic rings. The number of fused-ring (bicyclic) bond motifs is 3. The van der Waals surface area contributed by atoms with Crippen LogP contribution in [0.1, 0.15) is 22.7 Å². The SMILES string of the molecule is C1=CC2=Nc3cccc4cnc5c(c34)C2C(=C1)C(c1ccc(-c2cc3ccccc3c3ccccc23)cc1)=C5. The lowest BCUT2D eigenvalue weighted by molar-refractivity contribution is 1.04. The highest BCUT2D eigenvalue weighted by Gasteiger charge is 2.36. The Hall–Kier alpha value is -5.08. The van der Waals surface area contributed by atoms with E-state index in [1.165, 1.54) is 60.3 Å². The van der Waals surface area contributed by atoms with Crippen LogP contribution < -0.4 is 0 Å². The summed E-state index contributed by atoms with van der Waals surface area (Å²) >= 11 is 0.